The maximum Gasteiger partial charge on any atom is 0.0948 e. The second-order valence-electron chi connectivity index (χ2n) is 5.96. The maximum atomic E-state index is 5.76. The lowest BCUT2D eigenvalue weighted by atomic mass is 9.93. The van der Waals surface area contributed by atoms with Gasteiger partial charge in [-0.3, -0.25) is 11.3 Å². The molecule has 0 aliphatic heterocycles. The van der Waals surface area contributed by atoms with Crippen LogP contribution in [0.2, 0.25) is 0 Å². The van der Waals surface area contributed by atoms with Crippen LogP contribution in [0.1, 0.15) is 54.9 Å². The van der Waals surface area contributed by atoms with E-state index in [1.807, 2.05) is 0 Å². The Morgan fingerprint density at radius 3 is 2.65 bits per heavy atom. The van der Waals surface area contributed by atoms with E-state index >= 15 is 0 Å². The van der Waals surface area contributed by atoms with Crippen LogP contribution in [-0.2, 0) is 18.3 Å². The second-order valence-corrected chi connectivity index (χ2v) is 7.85. The molecule has 0 radical (unpaired) electrons. The van der Waals surface area contributed by atoms with Gasteiger partial charge in [0.1, 0.15) is 0 Å². The SMILES string of the molecule is CCc1ccsc1C(Cc1nc(C(C)(C)C)cs1)NN. The Bertz CT molecular complexity index is 551. The molecule has 5 heteroatoms. The van der Waals surface area contributed by atoms with Crippen molar-refractivity contribution in [3.05, 3.63) is 38.0 Å². The van der Waals surface area contributed by atoms with Crippen molar-refractivity contribution in [2.75, 3.05) is 0 Å². The number of hydrogen-bond acceptors (Lipinski definition) is 5. The normalized spacial score (nSPS) is 13.7. The summed E-state index contributed by atoms with van der Waals surface area (Å²) in [6.45, 7) is 8.76. The lowest BCUT2D eigenvalue weighted by Crippen LogP contribution is -2.29. The minimum absolute atomic E-state index is 0.109. The molecule has 0 amide bonds. The van der Waals surface area contributed by atoms with E-state index in [9.17, 15) is 0 Å². The minimum atomic E-state index is 0.109. The number of thiazole rings is 1. The predicted octanol–water partition coefficient (Wildman–Crippen LogP) is 3.81. The van der Waals surface area contributed by atoms with Crippen molar-refractivity contribution in [2.24, 2.45) is 5.84 Å². The summed E-state index contributed by atoms with van der Waals surface area (Å²) in [7, 11) is 0. The van der Waals surface area contributed by atoms with Gasteiger partial charge in [-0.1, -0.05) is 27.7 Å². The van der Waals surface area contributed by atoms with Gasteiger partial charge in [0, 0.05) is 22.1 Å². The number of aromatic nitrogens is 1. The van der Waals surface area contributed by atoms with E-state index < -0.39 is 0 Å². The molecular weight excluding hydrogens is 286 g/mol. The Labute approximate surface area is 129 Å². The van der Waals surface area contributed by atoms with Crippen molar-refractivity contribution < 1.29 is 0 Å². The van der Waals surface area contributed by atoms with Gasteiger partial charge in [-0.05, 0) is 23.4 Å². The van der Waals surface area contributed by atoms with Crippen molar-refractivity contribution >= 4 is 22.7 Å². The number of nitrogens with two attached hydrogens (primary N) is 1. The van der Waals surface area contributed by atoms with E-state index in [-0.39, 0.29) is 11.5 Å². The molecule has 0 saturated carbocycles. The van der Waals surface area contributed by atoms with Gasteiger partial charge in [-0.25, -0.2) is 4.98 Å². The molecule has 2 aromatic heterocycles. The number of rotatable bonds is 5. The molecule has 0 aliphatic rings. The molecule has 3 N–H and O–H groups in total. The van der Waals surface area contributed by atoms with Crippen LogP contribution < -0.4 is 11.3 Å². The van der Waals surface area contributed by atoms with Crippen molar-refractivity contribution in [2.45, 2.75) is 52.0 Å². The van der Waals surface area contributed by atoms with E-state index in [1.165, 1.54) is 10.4 Å². The molecule has 2 heterocycles. The Balaban J connectivity index is 2.17. The molecule has 0 aromatic carbocycles. The summed E-state index contributed by atoms with van der Waals surface area (Å²) >= 11 is 3.50. The van der Waals surface area contributed by atoms with Gasteiger partial charge in [0.25, 0.3) is 0 Å². The molecule has 110 valence electrons. The largest absolute Gasteiger partial charge is 0.271 e. The molecule has 0 bridgehead atoms. The maximum absolute atomic E-state index is 5.76. The lowest BCUT2D eigenvalue weighted by Gasteiger charge is -2.16. The molecular formula is C15H23N3S2. The number of hydrazine groups is 1. The molecule has 0 spiro atoms. The minimum Gasteiger partial charge on any atom is -0.271 e. The molecule has 0 fully saturated rings. The van der Waals surface area contributed by atoms with Gasteiger partial charge < -0.3 is 0 Å². The summed E-state index contributed by atoms with van der Waals surface area (Å²) < 4.78 is 0. The molecule has 3 nitrogen and oxygen atoms in total. The van der Waals surface area contributed by atoms with Crippen LogP contribution in [0.5, 0.6) is 0 Å². The second kappa shape index (κ2) is 6.35. The van der Waals surface area contributed by atoms with E-state index in [1.54, 1.807) is 22.7 Å². The Kier molecular flexibility index (Phi) is 4.96. The molecule has 0 saturated heterocycles. The summed E-state index contributed by atoms with van der Waals surface area (Å²) in [6, 6.07) is 2.34. The zero-order valence-corrected chi connectivity index (χ0v) is 14.2. The summed E-state index contributed by atoms with van der Waals surface area (Å²) in [5, 5.41) is 5.45. The van der Waals surface area contributed by atoms with Gasteiger partial charge >= 0.3 is 0 Å². The standard InChI is InChI=1S/C15H23N3S2/c1-5-10-6-7-19-14(10)11(18-16)8-13-17-12(9-20-13)15(2,3)4/h6-7,9,11,18H,5,8,16H2,1-4H3. The molecule has 20 heavy (non-hydrogen) atoms. The number of nitrogens with one attached hydrogen (secondary N) is 1. The number of thiophene rings is 1. The van der Waals surface area contributed by atoms with Crippen molar-refractivity contribution in [1.29, 1.82) is 0 Å². The van der Waals surface area contributed by atoms with E-state index in [2.05, 4.69) is 49.9 Å². The van der Waals surface area contributed by atoms with Crippen molar-refractivity contribution in [3.63, 3.8) is 0 Å². The fourth-order valence-electron chi connectivity index (χ4n) is 2.10. The monoisotopic (exact) mass is 309 g/mol. The van der Waals surface area contributed by atoms with Gasteiger partial charge in [-0.15, -0.1) is 22.7 Å². The Hall–Kier alpha value is -0.750. The average molecular weight is 310 g/mol. The zero-order chi connectivity index (χ0) is 14.8. The topological polar surface area (TPSA) is 50.9 Å². The summed E-state index contributed by atoms with van der Waals surface area (Å²) in [4.78, 5) is 6.10. The molecule has 1 unspecified atom stereocenters. The average Bonchev–Trinajstić information content (AvgIpc) is 3.03. The highest BCUT2D eigenvalue weighted by molar-refractivity contribution is 7.10. The van der Waals surface area contributed by atoms with E-state index in [4.69, 9.17) is 10.8 Å². The predicted molar refractivity (Wildman–Crippen MR) is 88.3 cm³/mol. The number of hydrogen-bond donors (Lipinski definition) is 2. The van der Waals surface area contributed by atoms with Crippen LogP contribution in [0.25, 0.3) is 0 Å². The third kappa shape index (κ3) is 3.47. The summed E-state index contributed by atoms with van der Waals surface area (Å²) in [5.41, 5.74) is 5.60. The van der Waals surface area contributed by atoms with E-state index in [0.717, 1.165) is 23.5 Å². The fraction of sp³-hybridized carbons (Fsp3) is 0.533. The molecule has 0 aliphatic carbocycles. The van der Waals surface area contributed by atoms with E-state index in [0.29, 0.717) is 0 Å². The first-order chi connectivity index (χ1) is 9.45. The molecule has 2 aromatic rings. The van der Waals surface area contributed by atoms with Crippen LogP contribution in [0, 0.1) is 0 Å². The van der Waals surface area contributed by atoms with Gasteiger partial charge in [-0.2, -0.15) is 0 Å². The highest BCUT2D eigenvalue weighted by Crippen LogP contribution is 2.30. The van der Waals surface area contributed by atoms with Crippen LogP contribution in [0.15, 0.2) is 16.8 Å². The highest BCUT2D eigenvalue weighted by Gasteiger charge is 2.20. The van der Waals surface area contributed by atoms with Crippen LogP contribution in [0.3, 0.4) is 0 Å². The first-order valence-electron chi connectivity index (χ1n) is 6.93. The van der Waals surface area contributed by atoms with Gasteiger partial charge in [0.15, 0.2) is 0 Å². The van der Waals surface area contributed by atoms with Crippen LogP contribution >= 0.6 is 22.7 Å². The highest BCUT2D eigenvalue weighted by atomic mass is 32.1. The Morgan fingerprint density at radius 2 is 2.10 bits per heavy atom. The van der Waals surface area contributed by atoms with Crippen LogP contribution in [-0.4, -0.2) is 4.98 Å². The smallest absolute Gasteiger partial charge is 0.0948 e. The Morgan fingerprint density at radius 1 is 1.35 bits per heavy atom. The van der Waals surface area contributed by atoms with Crippen molar-refractivity contribution in [1.82, 2.24) is 10.4 Å². The first-order valence-corrected chi connectivity index (χ1v) is 8.69. The van der Waals surface area contributed by atoms with Crippen LogP contribution in [0.4, 0.5) is 0 Å². The summed E-state index contributed by atoms with van der Waals surface area (Å²) in [6.07, 6.45) is 1.90. The van der Waals surface area contributed by atoms with Gasteiger partial charge in [0.05, 0.1) is 16.7 Å². The first kappa shape index (κ1) is 15.6. The summed E-state index contributed by atoms with van der Waals surface area (Å²) in [5.74, 6) is 5.76. The van der Waals surface area contributed by atoms with Gasteiger partial charge in [0.2, 0.25) is 0 Å². The van der Waals surface area contributed by atoms with Crippen molar-refractivity contribution in [3.8, 4) is 0 Å². The quantitative estimate of drug-likeness (QED) is 0.652. The lowest BCUT2D eigenvalue weighted by molar-refractivity contribution is 0.544. The molecule has 2 rings (SSSR count). The third-order valence-corrected chi connectivity index (χ3v) is 5.32. The number of aryl methyl sites for hydroxylation is 1. The fourth-order valence-corrected chi connectivity index (χ4v) is 4.22. The zero-order valence-electron chi connectivity index (χ0n) is 12.6. The molecule has 1 atom stereocenters. The number of nitrogens with zero attached hydrogens (tertiary/aromatic N) is 1. The third-order valence-electron chi connectivity index (χ3n) is 3.38.